The second-order valence-corrected chi connectivity index (χ2v) is 5.39. The van der Waals surface area contributed by atoms with Crippen molar-refractivity contribution in [2.75, 3.05) is 7.11 Å². The van der Waals surface area contributed by atoms with E-state index < -0.39 is 23.9 Å². The molecule has 7 heteroatoms. The Bertz CT molecular complexity index is 630. The fourth-order valence-corrected chi connectivity index (χ4v) is 2.30. The molecule has 1 aromatic carbocycles. The highest BCUT2D eigenvalue weighted by molar-refractivity contribution is 6.04. The Morgan fingerprint density at radius 3 is 2.64 bits per heavy atom. The van der Waals surface area contributed by atoms with Crippen LogP contribution in [0.1, 0.15) is 29.8 Å². The number of nitrogens with zero attached hydrogens (tertiary/aromatic N) is 1. The summed E-state index contributed by atoms with van der Waals surface area (Å²) in [5.74, 6) is -1.72. The number of carbonyl (C=O) groups is 3. The van der Waals surface area contributed by atoms with Crippen molar-refractivity contribution in [2.24, 2.45) is 5.92 Å². The SMILES string of the molecule is COC(=O)c1cc(F)ccc1CN1C(=O)NC(C(C)C)C1=O. The first kappa shape index (κ1) is 15.9. The van der Waals surface area contributed by atoms with Crippen LogP contribution in [0.15, 0.2) is 18.2 Å². The third-order valence-corrected chi connectivity index (χ3v) is 3.53. The van der Waals surface area contributed by atoms with Gasteiger partial charge in [-0.25, -0.2) is 14.0 Å². The molecule has 1 fully saturated rings. The van der Waals surface area contributed by atoms with E-state index in [0.717, 1.165) is 11.0 Å². The zero-order chi connectivity index (χ0) is 16.4. The molecule has 0 spiro atoms. The third kappa shape index (κ3) is 2.93. The van der Waals surface area contributed by atoms with Crippen molar-refractivity contribution in [3.8, 4) is 0 Å². The highest BCUT2D eigenvalue weighted by Crippen LogP contribution is 2.20. The van der Waals surface area contributed by atoms with Gasteiger partial charge in [-0.2, -0.15) is 0 Å². The molecule has 1 saturated heterocycles. The number of urea groups is 1. The van der Waals surface area contributed by atoms with Crippen molar-refractivity contribution >= 4 is 17.9 Å². The topological polar surface area (TPSA) is 75.7 Å². The fraction of sp³-hybridized carbons (Fsp3) is 0.400. The van der Waals surface area contributed by atoms with Gasteiger partial charge in [0.2, 0.25) is 0 Å². The van der Waals surface area contributed by atoms with Gasteiger partial charge >= 0.3 is 12.0 Å². The van der Waals surface area contributed by atoms with Crippen LogP contribution in [-0.4, -0.2) is 36.0 Å². The van der Waals surface area contributed by atoms with E-state index in [0.29, 0.717) is 5.56 Å². The zero-order valence-corrected chi connectivity index (χ0v) is 12.6. The molecule has 1 N–H and O–H groups in total. The maximum Gasteiger partial charge on any atom is 0.338 e. The second kappa shape index (κ2) is 6.13. The Morgan fingerprint density at radius 2 is 2.09 bits per heavy atom. The van der Waals surface area contributed by atoms with Gasteiger partial charge in [0, 0.05) is 0 Å². The number of amides is 3. The minimum atomic E-state index is -0.720. The lowest BCUT2D eigenvalue weighted by Gasteiger charge is -2.16. The van der Waals surface area contributed by atoms with Crippen molar-refractivity contribution in [1.29, 1.82) is 0 Å². The average molecular weight is 308 g/mol. The molecule has 0 saturated carbocycles. The lowest BCUT2D eigenvalue weighted by molar-refractivity contribution is -0.128. The number of halogens is 1. The Balaban J connectivity index is 2.29. The van der Waals surface area contributed by atoms with Gasteiger partial charge in [-0.15, -0.1) is 0 Å². The fourth-order valence-electron chi connectivity index (χ4n) is 2.30. The number of ether oxygens (including phenoxy) is 1. The molecule has 1 heterocycles. The number of carbonyl (C=O) groups excluding carboxylic acids is 3. The van der Waals surface area contributed by atoms with Gasteiger partial charge in [-0.3, -0.25) is 9.69 Å². The summed E-state index contributed by atoms with van der Waals surface area (Å²) in [6, 6.07) is 2.45. The minimum Gasteiger partial charge on any atom is -0.465 e. The van der Waals surface area contributed by atoms with Crippen LogP contribution in [0.3, 0.4) is 0 Å². The van der Waals surface area contributed by atoms with Gasteiger partial charge in [0.1, 0.15) is 11.9 Å². The van der Waals surface area contributed by atoms with Crippen molar-refractivity contribution in [3.05, 3.63) is 35.1 Å². The van der Waals surface area contributed by atoms with Crippen LogP contribution in [0.25, 0.3) is 0 Å². The molecule has 118 valence electrons. The monoisotopic (exact) mass is 308 g/mol. The van der Waals surface area contributed by atoms with Crippen molar-refractivity contribution in [2.45, 2.75) is 26.4 Å². The number of hydrogen-bond acceptors (Lipinski definition) is 4. The molecule has 0 aliphatic carbocycles. The predicted molar refractivity (Wildman–Crippen MR) is 75.4 cm³/mol. The molecule has 1 atom stereocenters. The van der Waals surface area contributed by atoms with E-state index in [1.165, 1.54) is 19.2 Å². The summed E-state index contributed by atoms with van der Waals surface area (Å²) in [5, 5.41) is 2.59. The maximum absolute atomic E-state index is 13.3. The van der Waals surface area contributed by atoms with Gasteiger partial charge in [-0.05, 0) is 23.6 Å². The van der Waals surface area contributed by atoms with Crippen LogP contribution in [0.2, 0.25) is 0 Å². The number of methoxy groups -OCH3 is 1. The number of esters is 1. The van der Waals surface area contributed by atoms with Gasteiger partial charge in [0.25, 0.3) is 5.91 Å². The van der Waals surface area contributed by atoms with Crippen molar-refractivity contribution < 1.29 is 23.5 Å². The van der Waals surface area contributed by atoms with Gasteiger partial charge < -0.3 is 10.1 Å². The molecule has 0 radical (unpaired) electrons. The quantitative estimate of drug-likeness (QED) is 0.678. The van der Waals surface area contributed by atoms with Crippen molar-refractivity contribution in [3.63, 3.8) is 0 Å². The highest BCUT2D eigenvalue weighted by atomic mass is 19.1. The molecule has 1 unspecified atom stereocenters. The molecule has 1 aromatic rings. The Hall–Kier alpha value is -2.44. The molecule has 6 nitrogen and oxygen atoms in total. The van der Waals surface area contributed by atoms with E-state index in [1.807, 2.05) is 13.8 Å². The first-order chi connectivity index (χ1) is 10.3. The molecule has 1 aliphatic rings. The van der Waals surface area contributed by atoms with E-state index >= 15 is 0 Å². The molecule has 1 aliphatic heterocycles. The van der Waals surface area contributed by atoms with E-state index in [-0.39, 0.29) is 23.9 Å². The first-order valence-electron chi connectivity index (χ1n) is 6.83. The standard InChI is InChI=1S/C15H17FN2O4/c1-8(2)12-13(19)18(15(21)17-12)7-9-4-5-10(16)6-11(9)14(20)22-3/h4-6,8,12H,7H2,1-3H3,(H,17,21). The van der Waals surface area contributed by atoms with Crippen LogP contribution in [0.5, 0.6) is 0 Å². The van der Waals surface area contributed by atoms with Crippen LogP contribution in [0, 0.1) is 11.7 Å². The minimum absolute atomic E-state index is 0.00361. The first-order valence-corrected chi connectivity index (χ1v) is 6.83. The zero-order valence-electron chi connectivity index (χ0n) is 12.6. The molecule has 0 aromatic heterocycles. The third-order valence-electron chi connectivity index (χ3n) is 3.53. The summed E-state index contributed by atoms with van der Waals surface area (Å²) in [4.78, 5) is 36.9. The summed E-state index contributed by atoms with van der Waals surface area (Å²) in [6.45, 7) is 3.53. The Labute approximate surface area is 127 Å². The normalized spacial score (nSPS) is 17.9. The van der Waals surface area contributed by atoms with E-state index in [4.69, 9.17) is 0 Å². The summed E-state index contributed by atoms with van der Waals surface area (Å²) in [6.07, 6.45) is 0. The number of imide groups is 1. The Kier molecular flexibility index (Phi) is 4.44. The number of benzene rings is 1. The Morgan fingerprint density at radius 1 is 1.41 bits per heavy atom. The smallest absolute Gasteiger partial charge is 0.338 e. The number of nitrogens with one attached hydrogen (secondary N) is 1. The van der Waals surface area contributed by atoms with E-state index in [1.54, 1.807) is 0 Å². The summed E-state index contributed by atoms with van der Waals surface area (Å²) >= 11 is 0. The number of hydrogen-bond donors (Lipinski definition) is 1. The van der Waals surface area contributed by atoms with Crippen LogP contribution < -0.4 is 5.32 Å². The summed E-state index contributed by atoms with van der Waals surface area (Å²) in [5.41, 5.74) is 0.345. The highest BCUT2D eigenvalue weighted by Gasteiger charge is 2.39. The van der Waals surface area contributed by atoms with Crippen molar-refractivity contribution in [1.82, 2.24) is 10.2 Å². The molecular formula is C15H17FN2O4. The van der Waals surface area contributed by atoms with Crippen LogP contribution >= 0.6 is 0 Å². The van der Waals surface area contributed by atoms with Crippen LogP contribution in [0.4, 0.5) is 9.18 Å². The second-order valence-electron chi connectivity index (χ2n) is 5.39. The van der Waals surface area contributed by atoms with Gasteiger partial charge in [-0.1, -0.05) is 19.9 Å². The predicted octanol–water partition coefficient (Wildman–Crippen LogP) is 1.69. The average Bonchev–Trinajstić information content (AvgIpc) is 2.76. The lowest BCUT2D eigenvalue weighted by atomic mass is 10.0. The maximum atomic E-state index is 13.3. The molecule has 0 bridgehead atoms. The molecular weight excluding hydrogens is 291 g/mol. The van der Waals surface area contributed by atoms with E-state index in [2.05, 4.69) is 10.1 Å². The largest absolute Gasteiger partial charge is 0.465 e. The van der Waals surface area contributed by atoms with Gasteiger partial charge in [0.05, 0.1) is 19.2 Å². The lowest BCUT2D eigenvalue weighted by Crippen LogP contribution is -2.34. The molecule has 22 heavy (non-hydrogen) atoms. The van der Waals surface area contributed by atoms with Crippen LogP contribution in [-0.2, 0) is 16.1 Å². The van der Waals surface area contributed by atoms with Gasteiger partial charge in [0.15, 0.2) is 0 Å². The van der Waals surface area contributed by atoms with E-state index in [9.17, 15) is 18.8 Å². The summed E-state index contributed by atoms with van der Waals surface area (Å²) in [7, 11) is 1.18. The molecule has 3 amide bonds. The molecule has 2 rings (SSSR count). The number of rotatable bonds is 4. The summed E-state index contributed by atoms with van der Waals surface area (Å²) < 4.78 is 17.9.